The number of benzene rings is 1. The van der Waals surface area contributed by atoms with Crippen LogP contribution in [0.25, 0.3) is 0 Å². The van der Waals surface area contributed by atoms with E-state index >= 15 is 0 Å². The van der Waals surface area contributed by atoms with Crippen LogP contribution in [0.15, 0.2) is 30.3 Å². The van der Waals surface area contributed by atoms with Crippen molar-refractivity contribution in [3.63, 3.8) is 0 Å². The average Bonchev–Trinajstić information content (AvgIpc) is 2.64. The smallest absolute Gasteiger partial charge is 0.217 e. The van der Waals surface area contributed by atoms with Crippen LogP contribution in [-0.4, -0.2) is 28.4 Å². The molecule has 1 aromatic rings. The minimum atomic E-state index is -0.00907. The quantitative estimate of drug-likeness (QED) is 0.917. The van der Waals surface area contributed by atoms with Crippen molar-refractivity contribution in [1.82, 2.24) is 10.2 Å². The molecule has 2 bridgehead atoms. The summed E-state index contributed by atoms with van der Waals surface area (Å²) in [5.41, 5.74) is 1.39. The molecule has 0 aliphatic carbocycles. The number of hydrogen-bond acceptors (Lipinski definition) is 2. The van der Waals surface area contributed by atoms with Crippen LogP contribution in [0, 0.1) is 0 Å². The highest BCUT2D eigenvalue weighted by molar-refractivity contribution is 5.73. The van der Waals surface area contributed by atoms with Gasteiger partial charge in [-0.3, -0.25) is 9.69 Å². The Morgan fingerprint density at radius 3 is 2.40 bits per heavy atom. The first-order chi connectivity index (χ1) is 9.56. The lowest BCUT2D eigenvalue weighted by Gasteiger charge is -2.45. The number of rotatable bonds is 3. The van der Waals surface area contributed by atoms with Gasteiger partial charge in [-0.2, -0.15) is 0 Å². The second-order valence-corrected chi connectivity index (χ2v) is 6.69. The van der Waals surface area contributed by atoms with Crippen LogP contribution in [0.4, 0.5) is 0 Å². The summed E-state index contributed by atoms with van der Waals surface area (Å²) in [4.78, 5) is 14.1. The Kier molecular flexibility index (Phi) is 3.55. The number of piperidine rings is 1. The largest absolute Gasteiger partial charge is 0.351 e. The fourth-order valence-corrected chi connectivity index (χ4v) is 4.16. The second-order valence-electron chi connectivity index (χ2n) is 6.69. The zero-order valence-electron chi connectivity index (χ0n) is 12.4. The first-order valence-corrected chi connectivity index (χ1v) is 7.64. The van der Waals surface area contributed by atoms with Gasteiger partial charge in [0.05, 0.1) is 0 Å². The SMILES string of the molecule is CC(=O)N[C@]1(C)CC2CC[C@H](C1)N2Cc1ccccc1. The van der Waals surface area contributed by atoms with Crippen molar-refractivity contribution in [2.75, 3.05) is 0 Å². The molecule has 1 aromatic carbocycles. The van der Waals surface area contributed by atoms with Crippen molar-refractivity contribution < 1.29 is 4.79 Å². The molecule has 1 N–H and O–H groups in total. The second kappa shape index (κ2) is 5.21. The van der Waals surface area contributed by atoms with Gasteiger partial charge >= 0.3 is 0 Å². The van der Waals surface area contributed by atoms with Crippen LogP contribution in [-0.2, 0) is 11.3 Å². The van der Waals surface area contributed by atoms with Gasteiger partial charge in [0, 0.05) is 31.1 Å². The summed E-state index contributed by atoms with van der Waals surface area (Å²) in [7, 11) is 0. The molecular formula is C17H24N2O. The van der Waals surface area contributed by atoms with E-state index in [1.807, 2.05) is 0 Å². The molecule has 2 fully saturated rings. The topological polar surface area (TPSA) is 32.3 Å². The third kappa shape index (κ3) is 2.73. The third-order valence-electron chi connectivity index (χ3n) is 4.83. The molecule has 2 heterocycles. The van der Waals surface area contributed by atoms with Crippen LogP contribution in [0.2, 0.25) is 0 Å². The highest BCUT2D eigenvalue weighted by Gasteiger charge is 2.46. The lowest BCUT2D eigenvalue weighted by molar-refractivity contribution is -0.121. The molecule has 0 saturated carbocycles. The van der Waals surface area contributed by atoms with Gasteiger partial charge in [-0.25, -0.2) is 0 Å². The summed E-state index contributed by atoms with van der Waals surface area (Å²) in [5, 5.41) is 3.18. The predicted molar refractivity (Wildman–Crippen MR) is 80.3 cm³/mol. The van der Waals surface area contributed by atoms with Gasteiger partial charge in [0.2, 0.25) is 5.91 Å². The van der Waals surface area contributed by atoms with Gasteiger partial charge in [0.1, 0.15) is 0 Å². The van der Waals surface area contributed by atoms with Gasteiger partial charge in [0.15, 0.2) is 0 Å². The summed E-state index contributed by atoms with van der Waals surface area (Å²) in [6.07, 6.45) is 4.70. The Morgan fingerprint density at radius 1 is 1.25 bits per heavy atom. The van der Waals surface area contributed by atoms with E-state index in [1.165, 1.54) is 18.4 Å². The van der Waals surface area contributed by atoms with E-state index in [2.05, 4.69) is 47.5 Å². The maximum atomic E-state index is 11.4. The minimum absolute atomic E-state index is 0.00907. The van der Waals surface area contributed by atoms with Crippen LogP contribution in [0.3, 0.4) is 0 Å². The van der Waals surface area contributed by atoms with E-state index in [0.29, 0.717) is 12.1 Å². The molecule has 3 heteroatoms. The van der Waals surface area contributed by atoms with Crippen molar-refractivity contribution in [1.29, 1.82) is 0 Å². The Morgan fingerprint density at radius 2 is 1.85 bits per heavy atom. The Balaban J connectivity index is 1.70. The molecule has 2 aliphatic rings. The summed E-state index contributed by atoms with van der Waals surface area (Å²) in [5.74, 6) is 0.100. The number of fused-ring (bicyclic) bond motifs is 2. The Hall–Kier alpha value is -1.35. The standard InChI is InChI=1S/C17H24N2O/c1-13(20)18-17(2)10-15-8-9-16(11-17)19(15)12-14-6-4-3-5-7-14/h3-7,15-16H,8-12H2,1-2H3,(H,18,20)/t15-,16?,17+/m1/s1. The maximum Gasteiger partial charge on any atom is 0.217 e. The summed E-state index contributed by atoms with van der Waals surface area (Å²) < 4.78 is 0. The molecule has 2 saturated heterocycles. The van der Waals surface area contributed by atoms with Crippen molar-refractivity contribution in [2.45, 2.75) is 63.7 Å². The number of nitrogens with zero attached hydrogens (tertiary/aromatic N) is 1. The van der Waals surface area contributed by atoms with Crippen LogP contribution in [0.1, 0.15) is 45.1 Å². The van der Waals surface area contributed by atoms with Gasteiger partial charge < -0.3 is 5.32 Å². The predicted octanol–water partition coefficient (Wildman–Crippen LogP) is 2.71. The molecule has 0 radical (unpaired) electrons. The summed E-state index contributed by atoms with van der Waals surface area (Å²) in [6.45, 7) is 4.88. The molecule has 0 aromatic heterocycles. The molecule has 3 atom stereocenters. The minimum Gasteiger partial charge on any atom is -0.351 e. The number of nitrogens with one attached hydrogen (secondary N) is 1. The summed E-state index contributed by atoms with van der Waals surface area (Å²) >= 11 is 0. The van der Waals surface area contributed by atoms with Crippen molar-refractivity contribution in [3.8, 4) is 0 Å². The van der Waals surface area contributed by atoms with Gasteiger partial charge in [0.25, 0.3) is 0 Å². The van der Waals surface area contributed by atoms with E-state index in [1.54, 1.807) is 6.92 Å². The Bertz CT molecular complexity index is 471. The van der Waals surface area contributed by atoms with Crippen LogP contribution in [0.5, 0.6) is 0 Å². The van der Waals surface area contributed by atoms with Gasteiger partial charge in [-0.1, -0.05) is 30.3 Å². The number of carbonyl (C=O) groups excluding carboxylic acids is 1. The molecule has 20 heavy (non-hydrogen) atoms. The Labute approximate surface area is 121 Å². The number of hydrogen-bond donors (Lipinski definition) is 1. The molecule has 1 unspecified atom stereocenters. The fourth-order valence-electron chi connectivity index (χ4n) is 4.16. The molecule has 1 amide bonds. The van der Waals surface area contributed by atoms with Crippen LogP contribution < -0.4 is 5.32 Å². The normalized spacial score (nSPS) is 33.1. The van der Waals surface area contributed by atoms with E-state index < -0.39 is 0 Å². The van der Waals surface area contributed by atoms with Crippen molar-refractivity contribution >= 4 is 5.91 Å². The average molecular weight is 272 g/mol. The maximum absolute atomic E-state index is 11.4. The van der Waals surface area contributed by atoms with E-state index in [0.717, 1.165) is 19.4 Å². The van der Waals surface area contributed by atoms with E-state index in [9.17, 15) is 4.79 Å². The fraction of sp³-hybridized carbons (Fsp3) is 0.588. The van der Waals surface area contributed by atoms with E-state index in [4.69, 9.17) is 0 Å². The molecule has 0 spiro atoms. The number of carbonyl (C=O) groups is 1. The molecule has 3 nitrogen and oxygen atoms in total. The lowest BCUT2D eigenvalue weighted by Crippen LogP contribution is -2.56. The zero-order valence-corrected chi connectivity index (χ0v) is 12.4. The lowest BCUT2D eigenvalue weighted by atomic mass is 9.84. The third-order valence-corrected chi connectivity index (χ3v) is 4.83. The highest BCUT2D eigenvalue weighted by Crippen LogP contribution is 2.41. The van der Waals surface area contributed by atoms with Crippen molar-refractivity contribution in [3.05, 3.63) is 35.9 Å². The monoisotopic (exact) mass is 272 g/mol. The van der Waals surface area contributed by atoms with Crippen LogP contribution >= 0.6 is 0 Å². The van der Waals surface area contributed by atoms with Gasteiger partial charge in [-0.05, 0) is 38.2 Å². The van der Waals surface area contributed by atoms with E-state index in [-0.39, 0.29) is 11.4 Å². The molecule has 2 aliphatic heterocycles. The highest BCUT2D eigenvalue weighted by atomic mass is 16.1. The molecule has 3 rings (SSSR count). The zero-order chi connectivity index (χ0) is 14.2. The summed E-state index contributed by atoms with van der Waals surface area (Å²) in [6, 6.07) is 12.0. The number of amides is 1. The molecular weight excluding hydrogens is 248 g/mol. The van der Waals surface area contributed by atoms with Crippen molar-refractivity contribution in [2.24, 2.45) is 0 Å². The van der Waals surface area contributed by atoms with Gasteiger partial charge in [-0.15, -0.1) is 0 Å². The first kappa shape index (κ1) is 13.6. The first-order valence-electron chi connectivity index (χ1n) is 7.64. The molecule has 108 valence electrons.